The molecule has 2 rings (SSSR count). The lowest BCUT2D eigenvalue weighted by Crippen LogP contribution is -2.38. The zero-order chi connectivity index (χ0) is 15.2. The lowest BCUT2D eigenvalue weighted by atomic mass is 9.92. The topological polar surface area (TPSA) is 45.2 Å². The lowest BCUT2D eigenvalue weighted by Gasteiger charge is -2.31. The first-order valence-electron chi connectivity index (χ1n) is 8.13. The molecular weight excluding hydrogens is 262 g/mol. The summed E-state index contributed by atoms with van der Waals surface area (Å²) in [6, 6.07) is 5.93. The van der Waals surface area contributed by atoms with Crippen molar-refractivity contribution in [2.45, 2.75) is 52.5 Å². The number of likely N-dealkylation sites (tertiary alicyclic amines) is 1. The standard InChI is InChI=1S/C17H27N3O/c1-4-6-14-9-11-20(12-10-14)17(21)15-7-5-8-16(19-15)18-13(2)3/h5,7-8,13-14H,4,6,9-12H2,1-3H3,(H,18,19). The predicted octanol–water partition coefficient (Wildman–Crippen LogP) is 3.55. The molecule has 0 atom stereocenters. The van der Waals surface area contributed by atoms with E-state index in [1.54, 1.807) is 0 Å². The highest BCUT2D eigenvalue weighted by Gasteiger charge is 2.23. The van der Waals surface area contributed by atoms with Crippen LogP contribution in [-0.4, -0.2) is 34.9 Å². The summed E-state index contributed by atoms with van der Waals surface area (Å²) in [6.07, 6.45) is 4.78. The first-order valence-corrected chi connectivity index (χ1v) is 8.13. The number of rotatable bonds is 5. The van der Waals surface area contributed by atoms with Gasteiger partial charge in [-0.3, -0.25) is 4.79 Å². The molecule has 1 aromatic rings. The Balaban J connectivity index is 1.97. The summed E-state index contributed by atoms with van der Waals surface area (Å²) < 4.78 is 0. The van der Waals surface area contributed by atoms with Gasteiger partial charge in [0, 0.05) is 19.1 Å². The van der Waals surface area contributed by atoms with Crippen LogP contribution in [0.4, 0.5) is 5.82 Å². The number of nitrogens with zero attached hydrogens (tertiary/aromatic N) is 2. The summed E-state index contributed by atoms with van der Waals surface area (Å²) in [7, 11) is 0. The van der Waals surface area contributed by atoms with Gasteiger partial charge in [-0.25, -0.2) is 4.98 Å². The van der Waals surface area contributed by atoms with E-state index in [0.717, 1.165) is 37.7 Å². The number of carbonyl (C=O) groups excluding carboxylic acids is 1. The molecule has 1 aliphatic rings. The van der Waals surface area contributed by atoms with E-state index in [1.165, 1.54) is 12.8 Å². The van der Waals surface area contributed by atoms with Crippen molar-refractivity contribution in [3.8, 4) is 0 Å². The Bertz CT molecular complexity index is 465. The van der Waals surface area contributed by atoms with Crippen LogP contribution >= 0.6 is 0 Å². The Morgan fingerprint density at radius 3 is 2.71 bits per heavy atom. The number of hydrogen-bond donors (Lipinski definition) is 1. The van der Waals surface area contributed by atoms with Gasteiger partial charge < -0.3 is 10.2 Å². The number of amides is 1. The van der Waals surface area contributed by atoms with Crippen molar-refractivity contribution < 1.29 is 4.79 Å². The Labute approximate surface area is 127 Å². The third-order valence-corrected chi connectivity index (χ3v) is 4.00. The lowest BCUT2D eigenvalue weighted by molar-refractivity contribution is 0.0681. The fraction of sp³-hybridized carbons (Fsp3) is 0.647. The summed E-state index contributed by atoms with van der Waals surface area (Å²) >= 11 is 0. The fourth-order valence-corrected chi connectivity index (χ4v) is 2.92. The van der Waals surface area contributed by atoms with Crippen LogP contribution in [0.15, 0.2) is 18.2 Å². The highest BCUT2D eigenvalue weighted by molar-refractivity contribution is 5.92. The Morgan fingerprint density at radius 2 is 2.10 bits per heavy atom. The number of anilines is 1. The normalized spacial score (nSPS) is 16.3. The van der Waals surface area contributed by atoms with E-state index in [-0.39, 0.29) is 5.91 Å². The molecule has 1 amide bonds. The van der Waals surface area contributed by atoms with Crippen molar-refractivity contribution in [2.75, 3.05) is 18.4 Å². The molecule has 1 fully saturated rings. The molecular formula is C17H27N3O. The van der Waals surface area contributed by atoms with Crippen LogP contribution in [0.1, 0.15) is 56.9 Å². The molecule has 1 aromatic heterocycles. The number of pyridine rings is 1. The van der Waals surface area contributed by atoms with Gasteiger partial charge in [0.15, 0.2) is 0 Å². The summed E-state index contributed by atoms with van der Waals surface area (Å²) in [5.74, 6) is 1.63. The van der Waals surface area contributed by atoms with Crippen molar-refractivity contribution in [2.24, 2.45) is 5.92 Å². The minimum Gasteiger partial charge on any atom is -0.368 e. The maximum absolute atomic E-state index is 12.5. The molecule has 0 bridgehead atoms. The van der Waals surface area contributed by atoms with Crippen molar-refractivity contribution in [1.82, 2.24) is 9.88 Å². The van der Waals surface area contributed by atoms with Gasteiger partial charge in [-0.1, -0.05) is 25.8 Å². The molecule has 0 aliphatic carbocycles. The minimum absolute atomic E-state index is 0.0670. The molecule has 0 aromatic carbocycles. The maximum Gasteiger partial charge on any atom is 0.272 e. The second-order valence-electron chi connectivity index (χ2n) is 6.23. The number of carbonyl (C=O) groups is 1. The summed E-state index contributed by atoms with van der Waals surface area (Å²) in [4.78, 5) is 18.9. The Kier molecular flexibility index (Phi) is 5.59. The van der Waals surface area contributed by atoms with Crippen LogP contribution < -0.4 is 5.32 Å². The van der Waals surface area contributed by atoms with E-state index in [0.29, 0.717) is 11.7 Å². The summed E-state index contributed by atoms with van der Waals surface area (Å²) in [5, 5.41) is 3.24. The van der Waals surface area contributed by atoms with E-state index >= 15 is 0 Å². The van der Waals surface area contributed by atoms with Gasteiger partial charge in [0.05, 0.1) is 0 Å². The van der Waals surface area contributed by atoms with Crippen molar-refractivity contribution >= 4 is 11.7 Å². The van der Waals surface area contributed by atoms with Gasteiger partial charge in [-0.2, -0.15) is 0 Å². The van der Waals surface area contributed by atoms with Crippen LogP contribution in [0.2, 0.25) is 0 Å². The maximum atomic E-state index is 12.5. The first kappa shape index (κ1) is 15.8. The molecule has 116 valence electrons. The molecule has 1 aliphatic heterocycles. The number of aromatic nitrogens is 1. The molecule has 2 heterocycles. The summed E-state index contributed by atoms with van der Waals surface area (Å²) in [5.41, 5.74) is 0.551. The molecule has 21 heavy (non-hydrogen) atoms. The van der Waals surface area contributed by atoms with Crippen molar-refractivity contribution in [3.63, 3.8) is 0 Å². The van der Waals surface area contributed by atoms with Gasteiger partial charge in [0.1, 0.15) is 11.5 Å². The molecule has 4 heteroatoms. The van der Waals surface area contributed by atoms with Gasteiger partial charge in [-0.15, -0.1) is 0 Å². The van der Waals surface area contributed by atoms with Crippen LogP contribution in [0.5, 0.6) is 0 Å². The quantitative estimate of drug-likeness (QED) is 0.901. The van der Waals surface area contributed by atoms with E-state index in [1.807, 2.05) is 23.1 Å². The zero-order valence-electron chi connectivity index (χ0n) is 13.4. The number of nitrogens with one attached hydrogen (secondary N) is 1. The number of piperidine rings is 1. The second kappa shape index (κ2) is 7.43. The van der Waals surface area contributed by atoms with Crippen LogP contribution in [0, 0.1) is 5.92 Å². The van der Waals surface area contributed by atoms with E-state index in [9.17, 15) is 4.79 Å². The molecule has 0 spiro atoms. The molecule has 0 saturated carbocycles. The fourth-order valence-electron chi connectivity index (χ4n) is 2.92. The largest absolute Gasteiger partial charge is 0.368 e. The van der Waals surface area contributed by atoms with Crippen LogP contribution in [0.25, 0.3) is 0 Å². The van der Waals surface area contributed by atoms with Crippen molar-refractivity contribution in [3.05, 3.63) is 23.9 Å². The smallest absolute Gasteiger partial charge is 0.272 e. The van der Waals surface area contributed by atoms with Gasteiger partial charge in [0.25, 0.3) is 5.91 Å². The van der Waals surface area contributed by atoms with Gasteiger partial charge in [0.2, 0.25) is 0 Å². The van der Waals surface area contributed by atoms with E-state index in [4.69, 9.17) is 0 Å². The van der Waals surface area contributed by atoms with Gasteiger partial charge >= 0.3 is 0 Å². The molecule has 0 radical (unpaired) electrons. The molecule has 4 nitrogen and oxygen atoms in total. The van der Waals surface area contributed by atoms with Crippen LogP contribution in [0.3, 0.4) is 0 Å². The predicted molar refractivity (Wildman–Crippen MR) is 86.5 cm³/mol. The third kappa shape index (κ3) is 4.45. The highest BCUT2D eigenvalue weighted by atomic mass is 16.2. The Morgan fingerprint density at radius 1 is 1.38 bits per heavy atom. The molecule has 0 unspecified atom stereocenters. The highest BCUT2D eigenvalue weighted by Crippen LogP contribution is 2.22. The average Bonchev–Trinajstić information content (AvgIpc) is 2.47. The third-order valence-electron chi connectivity index (χ3n) is 4.00. The van der Waals surface area contributed by atoms with Crippen molar-refractivity contribution in [1.29, 1.82) is 0 Å². The molecule has 1 saturated heterocycles. The van der Waals surface area contributed by atoms with E-state index < -0.39 is 0 Å². The first-order chi connectivity index (χ1) is 10.1. The summed E-state index contributed by atoms with van der Waals surface area (Å²) in [6.45, 7) is 8.10. The number of hydrogen-bond acceptors (Lipinski definition) is 3. The SMILES string of the molecule is CCCC1CCN(C(=O)c2cccc(NC(C)C)n2)CC1. The van der Waals surface area contributed by atoms with E-state index in [2.05, 4.69) is 31.1 Å². The minimum atomic E-state index is 0.0670. The van der Waals surface area contributed by atoms with Crippen LogP contribution in [-0.2, 0) is 0 Å². The zero-order valence-corrected chi connectivity index (χ0v) is 13.4. The monoisotopic (exact) mass is 289 g/mol. The second-order valence-corrected chi connectivity index (χ2v) is 6.23. The average molecular weight is 289 g/mol. The van der Waals surface area contributed by atoms with Gasteiger partial charge in [-0.05, 0) is 44.7 Å². The molecule has 1 N–H and O–H groups in total. The Hall–Kier alpha value is -1.58.